The number of benzene rings is 1. The van der Waals surface area contributed by atoms with E-state index in [1.807, 2.05) is 39.0 Å². The molecule has 22 heavy (non-hydrogen) atoms. The fourth-order valence-electron chi connectivity index (χ4n) is 1.96. The van der Waals surface area contributed by atoms with E-state index in [0.29, 0.717) is 13.0 Å². The first-order valence-corrected chi connectivity index (χ1v) is 7.94. The Kier molecular flexibility index (Phi) is 7.16. The number of carbonyl (C=O) groups excluding carboxylic acids is 1. The zero-order valence-corrected chi connectivity index (χ0v) is 15.1. The van der Waals surface area contributed by atoms with Gasteiger partial charge < -0.3 is 19.9 Å². The number of aliphatic hydroxyl groups excluding tert-OH is 1. The van der Waals surface area contributed by atoms with E-state index in [9.17, 15) is 9.90 Å². The molecule has 1 aromatic rings. The number of methoxy groups -OCH3 is 1. The molecule has 0 saturated carbocycles. The summed E-state index contributed by atoms with van der Waals surface area (Å²) in [6.45, 7) is 5.72. The molecule has 0 bridgehead atoms. The maximum atomic E-state index is 11.7. The molecule has 0 saturated heterocycles. The fraction of sp³-hybridized carbons (Fsp3) is 0.562. The molecule has 5 nitrogen and oxygen atoms in total. The van der Waals surface area contributed by atoms with Crippen molar-refractivity contribution < 1.29 is 19.4 Å². The molecule has 0 aliphatic carbocycles. The summed E-state index contributed by atoms with van der Waals surface area (Å²) in [5.74, 6) is 0.648. The smallest absolute Gasteiger partial charge is 0.407 e. The van der Waals surface area contributed by atoms with Crippen LogP contribution in [0, 0.1) is 5.92 Å². The molecule has 0 aliphatic rings. The lowest BCUT2D eigenvalue weighted by atomic mass is 9.99. The minimum Gasteiger partial charge on any atom is -0.496 e. The first kappa shape index (κ1) is 18.8. The minimum atomic E-state index is -0.535. The van der Waals surface area contributed by atoms with Gasteiger partial charge in [0.05, 0.1) is 7.11 Å². The molecule has 1 aromatic carbocycles. The van der Waals surface area contributed by atoms with Crippen molar-refractivity contribution in [2.24, 2.45) is 5.92 Å². The molecular formula is C16H24BrNO4. The van der Waals surface area contributed by atoms with Crippen molar-refractivity contribution in [3.63, 3.8) is 0 Å². The molecule has 0 fully saturated rings. The Morgan fingerprint density at radius 3 is 2.64 bits per heavy atom. The maximum Gasteiger partial charge on any atom is 0.407 e. The monoisotopic (exact) mass is 373 g/mol. The lowest BCUT2D eigenvalue weighted by molar-refractivity contribution is 0.0512. The van der Waals surface area contributed by atoms with E-state index in [0.717, 1.165) is 15.8 Å². The lowest BCUT2D eigenvalue weighted by Gasteiger charge is -2.21. The van der Waals surface area contributed by atoms with E-state index < -0.39 is 11.7 Å². The largest absolute Gasteiger partial charge is 0.496 e. The van der Waals surface area contributed by atoms with Crippen LogP contribution in [0.4, 0.5) is 4.79 Å². The number of hydrogen-bond acceptors (Lipinski definition) is 4. The average molecular weight is 374 g/mol. The second-order valence-electron chi connectivity index (χ2n) is 6.09. The van der Waals surface area contributed by atoms with Gasteiger partial charge in [-0.2, -0.15) is 0 Å². The second kappa shape index (κ2) is 8.39. The molecule has 1 atom stereocenters. The standard InChI is InChI=1S/C16H24BrNO4/c1-16(2,3)22-15(20)18-9-11(10-19)7-12-8-13(17)5-6-14(12)21-4/h5-6,8,11,19H,7,9-10H2,1-4H3,(H,18,20). The second-order valence-corrected chi connectivity index (χ2v) is 7.01. The number of aliphatic hydroxyl groups is 1. The summed E-state index contributed by atoms with van der Waals surface area (Å²) in [6.07, 6.45) is 0.113. The van der Waals surface area contributed by atoms with Crippen LogP contribution < -0.4 is 10.1 Å². The molecule has 124 valence electrons. The summed E-state index contributed by atoms with van der Waals surface area (Å²) >= 11 is 3.42. The molecule has 1 unspecified atom stereocenters. The number of rotatable bonds is 6. The van der Waals surface area contributed by atoms with Gasteiger partial charge in [-0.15, -0.1) is 0 Å². The highest BCUT2D eigenvalue weighted by atomic mass is 79.9. The molecule has 0 heterocycles. The van der Waals surface area contributed by atoms with Crippen molar-refractivity contribution in [2.45, 2.75) is 32.8 Å². The Bertz CT molecular complexity index is 499. The number of amides is 1. The van der Waals surface area contributed by atoms with Crippen LogP contribution in [-0.2, 0) is 11.2 Å². The van der Waals surface area contributed by atoms with Crippen LogP contribution in [0.3, 0.4) is 0 Å². The Morgan fingerprint density at radius 1 is 1.41 bits per heavy atom. The number of nitrogens with one attached hydrogen (secondary N) is 1. The molecule has 0 aromatic heterocycles. The van der Waals surface area contributed by atoms with Gasteiger partial charge in [-0.05, 0) is 51.0 Å². The van der Waals surface area contributed by atoms with Crippen LogP contribution >= 0.6 is 15.9 Å². The highest BCUT2D eigenvalue weighted by Gasteiger charge is 2.18. The van der Waals surface area contributed by atoms with Gasteiger partial charge in [0.25, 0.3) is 0 Å². The van der Waals surface area contributed by atoms with Crippen molar-refractivity contribution in [2.75, 3.05) is 20.3 Å². The van der Waals surface area contributed by atoms with E-state index in [2.05, 4.69) is 21.2 Å². The van der Waals surface area contributed by atoms with Crippen LogP contribution in [0.25, 0.3) is 0 Å². The number of alkyl carbamates (subject to hydrolysis) is 1. The van der Waals surface area contributed by atoms with E-state index in [1.54, 1.807) is 7.11 Å². The fourth-order valence-corrected chi connectivity index (χ4v) is 2.37. The lowest BCUT2D eigenvalue weighted by Crippen LogP contribution is -2.36. The average Bonchev–Trinajstić information content (AvgIpc) is 2.41. The molecule has 0 spiro atoms. The molecule has 2 N–H and O–H groups in total. The predicted molar refractivity (Wildman–Crippen MR) is 89.2 cm³/mol. The van der Waals surface area contributed by atoms with Crippen molar-refractivity contribution in [1.82, 2.24) is 5.32 Å². The highest BCUT2D eigenvalue weighted by molar-refractivity contribution is 9.10. The molecule has 0 aliphatic heterocycles. The van der Waals surface area contributed by atoms with Crippen molar-refractivity contribution in [3.05, 3.63) is 28.2 Å². The normalized spacial score (nSPS) is 12.6. The first-order valence-electron chi connectivity index (χ1n) is 7.15. The summed E-state index contributed by atoms with van der Waals surface area (Å²) in [5.41, 5.74) is 0.439. The zero-order chi connectivity index (χ0) is 16.8. The van der Waals surface area contributed by atoms with Crippen LogP contribution in [0.5, 0.6) is 5.75 Å². The van der Waals surface area contributed by atoms with Gasteiger partial charge in [0.15, 0.2) is 0 Å². The minimum absolute atomic E-state index is 0.0362. The van der Waals surface area contributed by atoms with Crippen molar-refractivity contribution in [3.8, 4) is 5.75 Å². The van der Waals surface area contributed by atoms with Crippen LogP contribution in [-0.4, -0.2) is 37.1 Å². The van der Waals surface area contributed by atoms with Gasteiger partial charge >= 0.3 is 6.09 Å². The summed E-state index contributed by atoms with van der Waals surface area (Å²) in [5, 5.41) is 12.2. The van der Waals surface area contributed by atoms with Crippen LogP contribution in [0.1, 0.15) is 26.3 Å². The van der Waals surface area contributed by atoms with Gasteiger partial charge in [0, 0.05) is 23.5 Å². The highest BCUT2D eigenvalue weighted by Crippen LogP contribution is 2.25. The molecular weight excluding hydrogens is 350 g/mol. The van der Waals surface area contributed by atoms with Gasteiger partial charge in [-0.25, -0.2) is 4.79 Å². The Morgan fingerprint density at radius 2 is 2.09 bits per heavy atom. The number of ether oxygens (including phenoxy) is 2. The molecule has 0 radical (unpaired) electrons. The Hall–Kier alpha value is -1.27. The molecule has 1 rings (SSSR count). The summed E-state index contributed by atoms with van der Waals surface area (Å²) in [6, 6.07) is 5.72. The van der Waals surface area contributed by atoms with Gasteiger partial charge in [0.2, 0.25) is 0 Å². The Labute approximate surface area is 140 Å². The van der Waals surface area contributed by atoms with E-state index in [1.165, 1.54) is 0 Å². The van der Waals surface area contributed by atoms with Gasteiger partial charge in [-0.1, -0.05) is 15.9 Å². The van der Waals surface area contributed by atoms with Gasteiger partial charge in [-0.3, -0.25) is 0 Å². The quantitative estimate of drug-likeness (QED) is 0.803. The van der Waals surface area contributed by atoms with E-state index >= 15 is 0 Å². The maximum absolute atomic E-state index is 11.7. The zero-order valence-electron chi connectivity index (χ0n) is 13.5. The topological polar surface area (TPSA) is 67.8 Å². The first-order chi connectivity index (χ1) is 10.2. The van der Waals surface area contributed by atoms with E-state index in [4.69, 9.17) is 9.47 Å². The summed E-state index contributed by atoms with van der Waals surface area (Å²) < 4.78 is 11.5. The third-order valence-electron chi connectivity index (χ3n) is 2.94. The summed E-state index contributed by atoms with van der Waals surface area (Å²) in [7, 11) is 1.61. The van der Waals surface area contributed by atoms with Crippen molar-refractivity contribution >= 4 is 22.0 Å². The molecule has 1 amide bonds. The number of carbonyl (C=O) groups is 1. The third-order valence-corrected chi connectivity index (χ3v) is 3.44. The number of hydrogen-bond donors (Lipinski definition) is 2. The van der Waals surface area contributed by atoms with Gasteiger partial charge in [0.1, 0.15) is 11.4 Å². The third kappa shape index (κ3) is 6.66. The Balaban J connectivity index is 2.62. The van der Waals surface area contributed by atoms with E-state index in [-0.39, 0.29) is 12.5 Å². The predicted octanol–water partition coefficient (Wildman–Crippen LogP) is 3.13. The summed E-state index contributed by atoms with van der Waals surface area (Å²) in [4.78, 5) is 11.7. The van der Waals surface area contributed by atoms with Crippen molar-refractivity contribution in [1.29, 1.82) is 0 Å². The SMILES string of the molecule is COc1ccc(Br)cc1CC(CO)CNC(=O)OC(C)(C)C. The number of halogens is 1. The molecule has 6 heteroatoms. The van der Waals surface area contributed by atoms with Crippen LogP contribution in [0.2, 0.25) is 0 Å². The van der Waals surface area contributed by atoms with Crippen LogP contribution in [0.15, 0.2) is 22.7 Å².